The molecular weight excluding hydrogens is 257 g/mol. The summed E-state index contributed by atoms with van der Waals surface area (Å²) in [5.74, 6) is -0.781. The molecule has 0 aromatic heterocycles. The van der Waals surface area contributed by atoms with Crippen LogP contribution in [-0.4, -0.2) is 15.0 Å². The van der Waals surface area contributed by atoms with Gasteiger partial charge in [0.1, 0.15) is 5.75 Å². The lowest BCUT2D eigenvalue weighted by atomic mass is 10.1. The van der Waals surface area contributed by atoms with Crippen molar-refractivity contribution in [3.63, 3.8) is 0 Å². The maximum atomic E-state index is 12.6. The minimum atomic E-state index is -4.57. The zero-order valence-corrected chi connectivity index (χ0v) is 9.81. The first-order chi connectivity index (χ1) is 7.76. The largest absolute Gasteiger partial charge is 0.416 e. The van der Waals surface area contributed by atoms with E-state index in [1.165, 1.54) is 19.1 Å². The van der Waals surface area contributed by atoms with Crippen molar-refractivity contribution in [3.05, 3.63) is 35.4 Å². The van der Waals surface area contributed by atoms with Crippen LogP contribution in [0.1, 0.15) is 18.1 Å². The highest BCUT2D eigenvalue weighted by atomic mass is 32.2. The van der Waals surface area contributed by atoms with Crippen LogP contribution in [0.5, 0.6) is 0 Å². The SMILES string of the molecule is CCOS(=O)(=O)Cc1ccccc1C(F)(F)F. The Bertz CT molecular complexity index is 480. The highest BCUT2D eigenvalue weighted by Gasteiger charge is 2.34. The van der Waals surface area contributed by atoms with Gasteiger partial charge in [0.2, 0.25) is 0 Å². The second-order valence-corrected chi connectivity index (χ2v) is 4.90. The molecule has 0 fully saturated rings. The first-order valence-corrected chi connectivity index (χ1v) is 6.36. The van der Waals surface area contributed by atoms with Crippen LogP contribution in [0.4, 0.5) is 13.2 Å². The highest BCUT2D eigenvalue weighted by molar-refractivity contribution is 7.85. The van der Waals surface area contributed by atoms with Gasteiger partial charge in [-0.25, -0.2) is 0 Å². The van der Waals surface area contributed by atoms with E-state index in [4.69, 9.17) is 0 Å². The maximum absolute atomic E-state index is 12.6. The molecule has 0 saturated carbocycles. The summed E-state index contributed by atoms with van der Waals surface area (Å²) in [6.45, 7) is 1.35. The predicted octanol–water partition coefficient (Wildman–Crippen LogP) is 2.57. The maximum Gasteiger partial charge on any atom is 0.416 e. The van der Waals surface area contributed by atoms with Gasteiger partial charge >= 0.3 is 6.18 Å². The van der Waals surface area contributed by atoms with Crippen LogP contribution in [0.25, 0.3) is 0 Å². The van der Waals surface area contributed by atoms with Crippen LogP contribution < -0.4 is 0 Å². The van der Waals surface area contributed by atoms with Gasteiger partial charge in [-0.05, 0) is 18.6 Å². The van der Waals surface area contributed by atoms with E-state index in [0.717, 1.165) is 12.1 Å². The Kier molecular flexibility index (Phi) is 4.16. The number of halogens is 3. The molecular formula is C10H11F3O3S. The van der Waals surface area contributed by atoms with Crippen molar-refractivity contribution in [1.82, 2.24) is 0 Å². The molecule has 0 spiro atoms. The Hall–Kier alpha value is -1.08. The van der Waals surface area contributed by atoms with Crippen molar-refractivity contribution in [2.24, 2.45) is 0 Å². The fourth-order valence-electron chi connectivity index (χ4n) is 1.33. The summed E-state index contributed by atoms with van der Waals surface area (Å²) >= 11 is 0. The molecule has 1 aromatic rings. The molecule has 3 nitrogen and oxygen atoms in total. The van der Waals surface area contributed by atoms with Crippen LogP contribution in [0.2, 0.25) is 0 Å². The second kappa shape index (κ2) is 5.05. The van der Waals surface area contributed by atoms with Crippen LogP contribution in [-0.2, 0) is 26.2 Å². The molecule has 17 heavy (non-hydrogen) atoms. The molecule has 96 valence electrons. The zero-order valence-electron chi connectivity index (χ0n) is 8.99. The van der Waals surface area contributed by atoms with Crippen molar-refractivity contribution >= 4 is 10.1 Å². The molecule has 1 rings (SSSR count). The fourth-order valence-corrected chi connectivity index (χ4v) is 2.41. The number of rotatable bonds is 4. The third kappa shape index (κ3) is 4.01. The van der Waals surface area contributed by atoms with Gasteiger partial charge in [-0.3, -0.25) is 4.18 Å². The average Bonchev–Trinajstić information content (AvgIpc) is 2.15. The quantitative estimate of drug-likeness (QED) is 0.788. The number of hydrogen-bond acceptors (Lipinski definition) is 3. The summed E-state index contributed by atoms with van der Waals surface area (Å²) in [6.07, 6.45) is -4.57. The molecule has 0 unspecified atom stereocenters. The van der Waals surface area contributed by atoms with Gasteiger partial charge < -0.3 is 0 Å². The lowest BCUT2D eigenvalue weighted by Crippen LogP contribution is -2.14. The van der Waals surface area contributed by atoms with Crippen molar-refractivity contribution in [1.29, 1.82) is 0 Å². The van der Waals surface area contributed by atoms with E-state index in [0.29, 0.717) is 0 Å². The number of alkyl halides is 3. The Labute approximate surface area is 97.3 Å². The fraction of sp³-hybridized carbons (Fsp3) is 0.400. The summed E-state index contributed by atoms with van der Waals surface area (Å²) in [6, 6.07) is 4.53. The van der Waals surface area contributed by atoms with Gasteiger partial charge in [0.05, 0.1) is 12.2 Å². The number of hydrogen-bond donors (Lipinski definition) is 0. The monoisotopic (exact) mass is 268 g/mol. The molecule has 0 aliphatic heterocycles. The molecule has 0 amide bonds. The zero-order chi connectivity index (χ0) is 13.1. The van der Waals surface area contributed by atoms with E-state index in [1.807, 2.05) is 0 Å². The van der Waals surface area contributed by atoms with E-state index in [9.17, 15) is 21.6 Å². The van der Waals surface area contributed by atoms with E-state index in [-0.39, 0.29) is 12.2 Å². The molecule has 0 saturated heterocycles. The lowest BCUT2D eigenvalue weighted by Gasteiger charge is -2.12. The Morgan fingerprint density at radius 3 is 2.35 bits per heavy atom. The van der Waals surface area contributed by atoms with Gasteiger partial charge in [-0.1, -0.05) is 18.2 Å². The first-order valence-electron chi connectivity index (χ1n) is 4.78. The van der Waals surface area contributed by atoms with Crippen molar-refractivity contribution < 1.29 is 25.8 Å². The van der Waals surface area contributed by atoms with Crippen LogP contribution in [0.15, 0.2) is 24.3 Å². The first kappa shape index (κ1) is 14.0. The van der Waals surface area contributed by atoms with E-state index in [2.05, 4.69) is 4.18 Å². The van der Waals surface area contributed by atoms with Crippen molar-refractivity contribution in [2.45, 2.75) is 18.9 Å². The van der Waals surface area contributed by atoms with Gasteiger partial charge in [0, 0.05) is 0 Å². The third-order valence-corrected chi connectivity index (χ3v) is 3.21. The van der Waals surface area contributed by atoms with Gasteiger partial charge in [-0.15, -0.1) is 0 Å². The third-order valence-electron chi connectivity index (χ3n) is 1.95. The lowest BCUT2D eigenvalue weighted by molar-refractivity contribution is -0.138. The van der Waals surface area contributed by atoms with Crippen molar-refractivity contribution in [2.75, 3.05) is 6.61 Å². The summed E-state index contributed by atoms with van der Waals surface area (Å²) in [4.78, 5) is 0. The Balaban J connectivity index is 3.08. The van der Waals surface area contributed by atoms with Crippen LogP contribution >= 0.6 is 0 Å². The summed E-state index contributed by atoms with van der Waals surface area (Å²) in [5, 5.41) is 0. The van der Waals surface area contributed by atoms with E-state index in [1.54, 1.807) is 0 Å². The second-order valence-electron chi connectivity index (χ2n) is 3.26. The van der Waals surface area contributed by atoms with Crippen LogP contribution in [0.3, 0.4) is 0 Å². The smallest absolute Gasteiger partial charge is 0.270 e. The molecule has 0 N–H and O–H groups in total. The van der Waals surface area contributed by atoms with Gasteiger partial charge in [0.15, 0.2) is 0 Å². The Morgan fingerprint density at radius 1 is 1.24 bits per heavy atom. The molecule has 0 radical (unpaired) electrons. The average molecular weight is 268 g/mol. The van der Waals surface area contributed by atoms with Crippen molar-refractivity contribution in [3.8, 4) is 0 Å². The normalized spacial score (nSPS) is 12.7. The molecule has 0 aliphatic carbocycles. The summed E-state index contributed by atoms with van der Waals surface area (Å²) < 4.78 is 64.7. The Morgan fingerprint density at radius 2 is 1.82 bits per heavy atom. The summed E-state index contributed by atoms with van der Waals surface area (Å²) in [7, 11) is -3.97. The van der Waals surface area contributed by atoms with E-state index >= 15 is 0 Å². The van der Waals surface area contributed by atoms with E-state index < -0.39 is 27.6 Å². The number of benzene rings is 1. The van der Waals surface area contributed by atoms with Crippen LogP contribution in [0, 0.1) is 0 Å². The minimum absolute atomic E-state index is 0.101. The summed E-state index contributed by atoms with van der Waals surface area (Å²) in [5.41, 5.74) is -1.27. The molecule has 0 aliphatic rings. The highest BCUT2D eigenvalue weighted by Crippen LogP contribution is 2.32. The predicted molar refractivity (Wildman–Crippen MR) is 55.7 cm³/mol. The molecule has 7 heteroatoms. The topological polar surface area (TPSA) is 43.4 Å². The molecule has 1 aromatic carbocycles. The molecule has 0 heterocycles. The molecule has 0 bridgehead atoms. The standard InChI is InChI=1S/C10H11F3O3S/c1-2-16-17(14,15)7-8-5-3-4-6-9(8)10(11,12)13/h3-6H,2,7H2,1H3. The molecule has 0 atom stereocenters. The van der Waals surface area contributed by atoms with Gasteiger partial charge in [0.25, 0.3) is 10.1 Å². The minimum Gasteiger partial charge on any atom is -0.270 e. The van der Waals surface area contributed by atoms with Gasteiger partial charge in [-0.2, -0.15) is 21.6 Å².